The first kappa shape index (κ1) is 11.7. The number of hydrogen-bond donors (Lipinski definition) is 0. The molecule has 80 valence electrons. The van der Waals surface area contributed by atoms with Crippen molar-refractivity contribution in [2.45, 2.75) is 31.0 Å². The summed E-state index contributed by atoms with van der Waals surface area (Å²) in [6.45, 7) is 2.79. The molecule has 5 heteroatoms. The highest BCUT2D eigenvalue weighted by molar-refractivity contribution is 9.09. The zero-order valence-corrected chi connectivity index (χ0v) is 10.1. The second-order valence-corrected chi connectivity index (χ2v) is 4.11. The van der Waals surface area contributed by atoms with Crippen LogP contribution in [0.25, 0.3) is 0 Å². The second-order valence-electron chi connectivity index (χ2n) is 3.01. The van der Waals surface area contributed by atoms with Crippen molar-refractivity contribution >= 4 is 15.9 Å². The Bertz CT molecular complexity index is 265. The zero-order valence-electron chi connectivity index (χ0n) is 8.49. The summed E-state index contributed by atoms with van der Waals surface area (Å²) in [6.07, 6.45) is 2.64. The number of alkyl halides is 1. The van der Waals surface area contributed by atoms with Gasteiger partial charge in [0.2, 0.25) is 11.8 Å². The van der Waals surface area contributed by atoms with Crippen LogP contribution in [0, 0.1) is 0 Å². The van der Waals surface area contributed by atoms with Crippen molar-refractivity contribution in [3.63, 3.8) is 0 Å². The van der Waals surface area contributed by atoms with Gasteiger partial charge in [0.25, 0.3) is 0 Å². The van der Waals surface area contributed by atoms with E-state index >= 15 is 0 Å². The van der Waals surface area contributed by atoms with E-state index in [0.717, 1.165) is 25.9 Å². The van der Waals surface area contributed by atoms with E-state index in [-0.39, 0.29) is 4.83 Å². The van der Waals surface area contributed by atoms with Crippen LogP contribution in [0.3, 0.4) is 0 Å². The topological polar surface area (TPSA) is 48.2 Å². The molecule has 0 spiro atoms. The first-order valence-electron chi connectivity index (χ1n) is 4.73. The second kappa shape index (κ2) is 6.14. The molecule has 1 rings (SSSR count). The molecule has 1 aromatic rings. The Kier molecular flexibility index (Phi) is 5.11. The maximum absolute atomic E-state index is 5.46. The van der Waals surface area contributed by atoms with Gasteiger partial charge in [0.05, 0.1) is 4.83 Å². The van der Waals surface area contributed by atoms with Crippen LogP contribution in [0.2, 0.25) is 0 Å². The van der Waals surface area contributed by atoms with Gasteiger partial charge in [-0.3, -0.25) is 0 Å². The molecule has 0 saturated carbocycles. The van der Waals surface area contributed by atoms with Crippen LogP contribution in [0.4, 0.5) is 0 Å². The fourth-order valence-electron chi connectivity index (χ4n) is 1.04. The Morgan fingerprint density at radius 1 is 1.50 bits per heavy atom. The quantitative estimate of drug-likeness (QED) is 0.584. The third-order valence-corrected chi connectivity index (χ3v) is 2.89. The molecular formula is C9H15BrN2O2. The first-order valence-corrected chi connectivity index (χ1v) is 5.64. The largest absolute Gasteiger partial charge is 0.424 e. The number of ether oxygens (including phenoxy) is 1. The molecule has 0 radical (unpaired) electrons. The lowest BCUT2D eigenvalue weighted by atomic mass is 10.3. The SMILES string of the molecule is CCC(Br)c1nnc(CCCOC)o1. The Morgan fingerprint density at radius 3 is 2.93 bits per heavy atom. The van der Waals surface area contributed by atoms with Crippen LogP contribution < -0.4 is 0 Å². The zero-order chi connectivity index (χ0) is 10.4. The Morgan fingerprint density at radius 2 is 2.29 bits per heavy atom. The van der Waals surface area contributed by atoms with Crippen LogP contribution in [0.15, 0.2) is 4.42 Å². The number of aryl methyl sites for hydroxylation is 1. The molecule has 0 aliphatic carbocycles. The molecule has 4 nitrogen and oxygen atoms in total. The maximum atomic E-state index is 5.46. The normalized spacial score (nSPS) is 13.1. The molecule has 14 heavy (non-hydrogen) atoms. The van der Waals surface area contributed by atoms with Gasteiger partial charge in [-0.1, -0.05) is 22.9 Å². The summed E-state index contributed by atoms with van der Waals surface area (Å²) >= 11 is 3.46. The van der Waals surface area contributed by atoms with E-state index in [1.807, 2.05) is 0 Å². The monoisotopic (exact) mass is 262 g/mol. The van der Waals surface area contributed by atoms with Gasteiger partial charge >= 0.3 is 0 Å². The van der Waals surface area contributed by atoms with E-state index in [2.05, 4.69) is 33.1 Å². The van der Waals surface area contributed by atoms with E-state index in [1.54, 1.807) is 7.11 Å². The number of aromatic nitrogens is 2. The van der Waals surface area contributed by atoms with E-state index in [1.165, 1.54) is 0 Å². The molecule has 0 aromatic carbocycles. The molecule has 0 bridgehead atoms. The summed E-state index contributed by atoms with van der Waals surface area (Å²) in [5, 5.41) is 7.92. The van der Waals surface area contributed by atoms with Crippen molar-refractivity contribution in [2.24, 2.45) is 0 Å². The number of hydrogen-bond acceptors (Lipinski definition) is 4. The number of nitrogens with zero attached hydrogens (tertiary/aromatic N) is 2. The van der Waals surface area contributed by atoms with Gasteiger partial charge in [0.15, 0.2) is 0 Å². The predicted octanol–water partition coefficient (Wildman–Crippen LogP) is 2.49. The van der Waals surface area contributed by atoms with E-state index in [9.17, 15) is 0 Å². The van der Waals surface area contributed by atoms with Gasteiger partial charge in [-0.2, -0.15) is 0 Å². The van der Waals surface area contributed by atoms with Crippen LogP contribution >= 0.6 is 15.9 Å². The molecule has 0 amide bonds. The van der Waals surface area contributed by atoms with Crippen LogP contribution in [0.5, 0.6) is 0 Å². The molecule has 0 saturated heterocycles. The van der Waals surface area contributed by atoms with Crippen molar-refractivity contribution in [1.29, 1.82) is 0 Å². The standard InChI is InChI=1S/C9H15BrN2O2/c1-3-7(10)9-12-11-8(14-9)5-4-6-13-2/h7H,3-6H2,1-2H3. The molecule has 1 heterocycles. The van der Waals surface area contributed by atoms with Crippen molar-refractivity contribution in [1.82, 2.24) is 10.2 Å². The molecule has 0 aliphatic rings. The Balaban J connectivity index is 2.42. The maximum Gasteiger partial charge on any atom is 0.230 e. The summed E-state index contributed by atoms with van der Waals surface area (Å²) < 4.78 is 10.4. The van der Waals surface area contributed by atoms with Gasteiger partial charge in [-0.05, 0) is 12.8 Å². The Labute approximate surface area is 92.2 Å². The van der Waals surface area contributed by atoms with Crippen LogP contribution in [-0.4, -0.2) is 23.9 Å². The van der Waals surface area contributed by atoms with Gasteiger partial charge in [0, 0.05) is 20.1 Å². The summed E-state index contributed by atoms with van der Waals surface area (Å²) in [6, 6.07) is 0. The lowest BCUT2D eigenvalue weighted by molar-refractivity contribution is 0.192. The van der Waals surface area contributed by atoms with E-state index in [4.69, 9.17) is 9.15 Å². The van der Waals surface area contributed by atoms with Gasteiger partial charge in [-0.15, -0.1) is 10.2 Å². The van der Waals surface area contributed by atoms with Crippen molar-refractivity contribution in [3.05, 3.63) is 11.8 Å². The average molecular weight is 263 g/mol. The number of methoxy groups -OCH3 is 1. The molecule has 1 unspecified atom stereocenters. The molecule has 1 aromatic heterocycles. The highest BCUT2D eigenvalue weighted by atomic mass is 79.9. The van der Waals surface area contributed by atoms with Crippen molar-refractivity contribution in [3.8, 4) is 0 Å². The summed E-state index contributed by atoms with van der Waals surface area (Å²) in [4.78, 5) is 0.172. The van der Waals surface area contributed by atoms with Gasteiger partial charge < -0.3 is 9.15 Å². The minimum atomic E-state index is 0.172. The average Bonchev–Trinajstić information content (AvgIpc) is 2.66. The van der Waals surface area contributed by atoms with Gasteiger partial charge in [-0.25, -0.2) is 0 Å². The lowest BCUT2D eigenvalue weighted by Gasteiger charge is -1.98. The highest BCUT2D eigenvalue weighted by Gasteiger charge is 2.12. The van der Waals surface area contributed by atoms with Crippen molar-refractivity contribution < 1.29 is 9.15 Å². The summed E-state index contributed by atoms with van der Waals surface area (Å²) in [5.41, 5.74) is 0. The van der Waals surface area contributed by atoms with Crippen molar-refractivity contribution in [2.75, 3.05) is 13.7 Å². The summed E-state index contributed by atoms with van der Waals surface area (Å²) in [5.74, 6) is 1.36. The predicted molar refractivity (Wildman–Crippen MR) is 56.5 cm³/mol. The van der Waals surface area contributed by atoms with E-state index < -0.39 is 0 Å². The molecule has 0 N–H and O–H groups in total. The minimum Gasteiger partial charge on any atom is -0.424 e. The minimum absolute atomic E-state index is 0.172. The number of rotatable bonds is 6. The molecule has 1 atom stereocenters. The molecule has 0 aliphatic heterocycles. The fourth-order valence-corrected chi connectivity index (χ4v) is 1.22. The first-order chi connectivity index (χ1) is 6.77. The Hall–Kier alpha value is -0.420. The van der Waals surface area contributed by atoms with Crippen LogP contribution in [-0.2, 0) is 11.2 Å². The van der Waals surface area contributed by atoms with Crippen LogP contribution in [0.1, 0.15) is 36.4 Å². The third-order valence-electron chi connectivity index (χ3n) is 1.85. The van der Waals surface area contributed by atoms with Gasteiger partial charge in [0.1, 0.15) is 0 Å². The fraction of sp³-hybridized carbons (Fsp3) is 0.778. The summed E-state index contributed by atoms with van der Waals surface area (Å²) in [7, 11) is 1.69. The highest BCUT2D eigenvalue weighted by Crippen LogP contribution is 2.24. The third kappa shape index (κ3) is 3.38. The lowest BCUT2D eigenvalue weighted by Crippen LogP contribution is -1.92. The molecular weight excluding hydrogens is 248 g/mol. The smallest absolute Gasteiger partial charge is 0.230 e. The molecule has 0 fully saturated rings. The number of halogens is 1. The van der Waals surface area contributed by atoms with E-state index in [0.29, 0.717) is 11.8 Å².